The third kappa shape index (κ3) is 28.8. The highest BCUT2D eigenvalue weighted by atomic mass is 16.8. The molecule has 0 aromatic rings. The zero-order valence-electron chi connectivity index (χ0n) is 49.5. The summed E-state index contributed by atoms with van der Waals surface area (Å²) in [6.07, 6.45) is 22.6. The summed E-state index contributed by atoms with van der Waals surface area (Å²) >= 11 is 0. The van der Waals surface area contributed by atoms with E-state index in [2.05, 4.69) is 43.5 Å². The van der Waals surface area contributed by atoms with Crippen molar-refractivity contribution in [3.8, 4) is 0 Å². The molecule has 3 aliphatic rings. The van der Waals surface area contributed by atoms with Crippen LogP contribution in [0.3, 0.4) is 0 Å². The van der Waals surface area contributed by atoms with Gasteiger partial charge in [-0.15, -0.1) is 0 Å². The summed E-state index contributed by atoms with van der Waals surface area (Å²) in [5, 5.41) is 120. The summed E-state index contributed by atoms with van der Waals surface area (Å²) < 4.78 is 34.3. The van der Waals surface area contributed by atoms with Gasteiger partial charge >= 0.3 is 0 Å². The van der Waals surface area contributed by atoms with Crippen molar-refractivity contribution in [2.75, 3.05) is 26.4 Å². The average molecular weight is 1160 g/mol. The molecule has 3 aliphatic heterocycles. The molecule has 17 unspecified atom stereocenters. The Balaban J connectivity index is 1.46. The van der Waals surface area contributed by atoms with Gasteiger partial charge in [-0.3, -0.25) is 4.79 Å². The molecule has 0 bridgehead atoms. The number of carbonyl (C=O) groups is 1. The molecule has 19 nitrogen and oxygen atoms in total. The van der Waals surface area contributed by atoms with Gasteiger partial charge in [0.15, 0.2) is 18.9 Å². The molecule has 3 saturated heterocycles. The maximum atomic E-state index is 13.3. The monoisotopic (exact) mass is 1160 g/mol. The molecule has 19 heteroatoms. The van der Waals surface area contributed by atoms with Crippen LogP contribution in [0.4, 0.5) is 0 Å². The molecule has 0 spiro atoms. The second-order valence-electron chi connectivity index (χ2n) is 22.9. The lowest BCUT2D eigenvalue weighted by Crippen LogP contribution is -2.66. The van der Waals surface area contributed by atoms with E-state index in [4.69, 9.17) is 28.4 Å². The normalized spacial score (nSPS) is 30.0. The number of amides is 1. The minimum atomic E-state index is -1.98. The van der Waals surface area contributed by atoms with Crippen LogP contribution >= 0.6 is 0 Å². The van der Waals surface area contributed by atoms with Crippen LogP contribution in [-0.2, 0) is 33.2 Å². The zero-order chi connectivity index (χ0) is 59.0. The van der Waals surface area contributed by atoms with E-state index in [-0.39, 0.29) is 18.9 Å². The number of aliphatic hydroxyl groups excluding tert-OH is 11. The Morgan fingerprint density at radius 2 is 0.815 bits per heavy atom. The molecule has 474 valence electrons. The van der Waals surface area contributed by atoms with E-state index in [1.165, 1.54) is 135 Å². The maximum absolute atomic E-state index is 13.3. The van der Waals surface area contributed by atoms with Gasteiger partial charge < -0.3 is 89.9 Å². The Bertz CT molecular complexity index is 1620. The van der Waals surface area contributed by atoms with Crippen LogP contribution in [0.5, 0.6) is 0 Å². The van der Waals surface area contributed by atoms with Gasteiger partial charge in [-0.25, -0.2) is 0 Å². The molecular formula is C62H113NO18. The van der Waals surface area contributed by atoms with Crippen LogP contribution in [0.25, 0.3) is 0 Å². The predicted octanol–water partition coefficient (Wildman–Crippen LogP) is 6.49. The highest BCUT2D eigenvalue weighted by Crippen LogP contribution is 2.33. The van der Waals surface area contributed by atoms with Crippen molar-refractivity contribution in [3.05, 3.63) is 36.5 Å². The Morgan fingerprint density at radius 1 is 0.444 bits per heavy atom. The SMILES string of the molecule is CCCCCCC/C=C\C/C=C\CCCCCCCCCCCCCC(=O)NC(COC1OC(CO)C(OC2OC(CO)C(OC3OC(CO)C(O)C(O)C3O)C(O)C2O)C(O)C1O)C(O)/C=C/CCCCCCCCCCCCC. The molecule has 17 atom stereocenters. The Labute approximate surface area is 485 Å². The number of hydrogen-bond donors (Lipinski definition) is 12. The first-order valence-electron chi connectivity index (χ1n) is 31.7. The first kappa shape index (κ1) is 73.3. The fraction of sp³-hybridized carbons (Fsp3) is 0.887. The highest BCUT2D eigenvalue weighted by molar-refractivity contribution is 5.76. The van der Waals surface area contributed by atoms with Gasteiger partial charge in [0, 0.05) is 6.42 Å². The van der Waals surface area contributed by atoms with Crippen LogP contribution in [0, 0.1) is 0 Å². The van der Waals surface area contributed by atoms with E-state index >= 15 is 0 Å². The van der Waals surface area contributed by atoms with Crippen molar-refractivity contribution in [1.29, 1.82) is 0 Å². The van der Waals surface area contributed by atoms with Crippen molar-refractivity contribution >= 4 is 5.91 Å². The quantitative estimate of drug-likeness (QED) is 0.0229. The van der Waals surface area contributed by atoms with Crippen molar-refractivity contribution in [3.63, 3.8) is 0 Å². The molecule has 3 fully saturated rings. The molecule has 1 amide bonds. The number of aliphatic hydroxyl groups is 11. The van der Waals surface area contributed by atoms with E-state index in [0.717, 1.165) is 57.8 Å². The number of allylic oxidation sites excluding steroid dienone is 5. The molecule has 0 aromatic heterocycles. The maximum Gasteiger partial charge on any atom is 0.220 e. The van der Waals surface area contributed by atoms with Crippen molar-refractivity contribution in [1.82, 2.24) is 5.32 Å². The summed E-state index contributed by atoms with van der Waals surface area (Å²) in [7, 11) is 0. The smallest absolute Gasteiger partial charge is 0.220 e. The number of hydrogen-bond acceptors (Lipinski definition) is 18. The molecule has 0 aromatic carbocycles. The van der Waals surface area contributed by atoms with Gasteiger partial charge in [-0.2, -0.15) is 0 Å². The molecule has 0 aliphatic carbocycles. The zero-order valence-corrected chi connectivity index (χ0v) is 49.5. The number of rotatable bonds is 47. The molecule has 3 heterocycles. The minimum absolute atomic E-state index is 0.241. The molecule has 12 N–H and O–H groups in total. The van der Waals surface area contributed by atoms with Gasteiger partial charge in [0.25, 0.3) is 0 Å². The van der Waals surface area contributed by atoms with Crippen LogP contribution in [0.1, 0.15) is 219 Å². The van der Waals surface area contributed by atoms with Crippen LogP contribution in [-0.4, -0.2) is 193 Å². The molecule has 0 radical (unpaired) electrons. The van der Waals surface area contributed by atoms with E-state index < -0.39 is 124 Å². The van der Waals surface area contributed by atoms with Gasteiger partial charge in [0.05, 0.1) is 38.6 Å². The molecule has 3 rings (SSSR count). The number of carbonyl (C=O) groups excluding carboxylic acids is 1. The van der Waals surface area contributed by atoms with E-state index in [1.54, 1.807) is 6.08 Å². The van der Waals surface area contributed by atoms with E-state index in [0.29, 0.717) is 6.42 Å². The molecule has 0 saturated carbocycles. The molecular weight excluding hydrogens is 1050 g/mol. The van der Waals surface area contributed by atoms with Gasteiger partial charge in [0.1, 0.15) is 73.2 Å². The van der Waals surface area contributed by atoms with Gasteiger partial charge in [-0.1, -0.05) is 198 Å². The van der Waals surface area contributed by atoms with Crippen molar-refractivity contribution < 1.29 is 89.4 Å². The summed E-state index contributed by atoms with van der Waals surface area (Å²) in [5.74, 6) is -0.278. The van der Waals surface area contributed by atoms with Crippen molar-refractivity contribution in [2.45, 2.75) is 324 Å². The fourth-order valence-corrected chi connectivity index (χ4v) is 10.7. The number of unbranched alkanes of at least 4 members (excludes halogenated alkanes) is 27. The minimum Gasteiger partial charge on any atom is -0.394 e. The predicted molar refractivity (Wildman–Crippen MR) is 309 cm³/mol. The third-order valence-electron chi connectivity index (χ3n) is 15.9. The van der Waals surface area contributed by atoms with Crippen LogP contribution < -0.4 is 5.32 Å². The van der Waals surface area contributed by atoms with Gasteiger partial charge in [0.2, 0.25) is 5.91 Å². The summed E-state index contributed by atoms with van der Waals surface area (Å²) in [6.45, 7) is 1.71. The third-order valence-corrected chi connectivity index (χ3v) is 15.9. The standard InChI is InChI=1S/C62H113NO18/c1-3-5-7-9-11-13-15-17-18-19-20-21-22-23-24-25-26-28-30-32-34-36-38-40-50(68)63-45(46(67)39-37-35-33-31-29-27-16-14-12-10-8-6-4-2)44-76-60-56(74)53(71)58(48(42-65)78-60)81-62-57(75)54(72)59(49(43-66)79-62)80-61-55(73)52(70)51(69)47(41-64)77-61/h15,17,19-20,37,39,45-49,51-62,64-67,69-75H,3-14,16,18,21-36,38,40-44H2,1-2H3,(H,63,68)/b17-15-,20-19-,39-37+. The van der Waals surface area contributed by atoms with E-state index in [1.807, 2.05) is 6.08 Å². The summed E-state index contributed by atoms with van der Waals surface area (Å²) in [5.41, 5.74) is 0. The van der Waals surface area contributed by atoms with Crippen molar-refractivity contribution in [2.24, 2.45) is 0 Å². The lowest BCUT2D eigenvalue weighted by molar-refractivity contribution is -0.379. The second-order valence-corrected chi connectivity index (χ2v) is 22.9. The lowest BCUT2D eigenvalue weighted by Gasteiger charge is -2.48. The number of nitrogens with one attached hydrogen (secondary N) is 1. The Hall–Kier alpha value is -1.99. The van der Waals surface area contributed by atoms with Gasteiger partial charge in [-0.05, 0) is 51.4 Å². The van der Waals surface area contributed by atoms with Crippen LogP contribution in [0.2, 0.25) is 0 Å². The topological polar surface area (TPSA) is 307 Å². The lowest BCUT2D eigenvalue weighted by atomic mass is 9.96. The number of ether oxygens (including phenoxy) is 6. The highest BCUT2D eigenvalue weighted by Gasteiger charge is 2.53. The second kappa shape index (κ2) is 45.3. The Kier molecular flexibility index (Phi) is 41.0. The first-order valence-corrected chi connectivity index (χ1v) is 31.7. The average Bonchev–Trinajstić information content (AvgIpc) is 3.57. The first-order chi connectivity index (χ1) is 39.3. The Morgan fingerprint density at radius 3 is 1.26 bits per heavy atom. The van der Waals surface area contributed by atoms with E-state index in [9.17, 15) is 61.0 Å². The van der Waals surface area contributed by atoms with Crippen LogP contribution in [0.15, 0.2) is 36.5 Å². The largest absolute Gasteiger partial charge is 0.394 e. The summed E-state index contributed by atoms with van der Waals surface area (Å²) in [6, 6.07) is -0.972. The summed E-state index contributed by atoms with van der Waals surface area (Å²) in [4.78, 5) is 13.3. The fourth-order valence-electron chi connectivity index (χ4n) is 10.7. The molecule has 81 heavy (non-hydrogen) atoms.